The lowest BCUT2D eigenvalue weighted by Crippen LogP contribution is -2.25. The van der Waals surface area contributed by atoms with Crippen LogP contribution in [0.2, 0.25) is 0 Å². The Morgan fingerprint density at radius 3 is 2.80 bits per heavy atom. The maximum atomic E-state index is 5.88. The third-order valence-electron chi connectivity index (χ3n) is 3.45. The molecule has 2 aromatic carbocycles. The summed E-state index contributed by atoms with van der Waals surface area (Å²) in [6, 6.07) is 16.0. The van der Waals surface area contributed by atoms with Crippen molar-refractivity contribution >= 4 is 0 Å². The highest BCUT2D eigenvalue weighted by molar-refractivity contribution is 5.41. The van der Waals surface area contributed by atoms with Gasteiger partial charge in [-0.2, -0.15) is 0 Å². The summed E-state index contributed by atoms with van der Waals surface area (Å²) in [4.78, 5) is 0. The van der Waals surface area contributed by atoms with Crippen LogP contribution in [0.3, 0.4) is 0 Å². The van der Waals surface area contributed by atoms with Gasteiger partial charge in [-0.15, -0.1) is 0 Å². The Morgan fingerprint density at radius 2 is 2.00 bits per heavy atom. The number of aryl methyl sites for hydroxylation is 1. The molecule has 2 aromatic rings. The third-order valence-corrected chi connectivity index (χ3v) is 3.45. The van der Waals surface area contributed by atoms with E-state index in [1.165, 1.54) is 5.56 Å². The van der Waals surface area contributed by atoms with Gasteiger partial charge in [0.15, 0.2) is 0 Å². The van der Waals surface area contributed by atoms with E-state index in [9.17, 15) is 0 Å². The SMILES string of the molecule is COc1ccc2c(c1)CC[C@H](OCc1ccccc1)O2. The van der Waals surface area contributed by atoms with Crippen molar-refractivity contribution in [2.45, 2.75) is 25.7 Å². The first-order valence-corrected chi connectivity index (χ1v) is 6.84. The highest BCUT2D eigenvalue weighted by Gasteiger charge is 2.20. The minimum absolute atomic E-state index is 0.170. The molecule has 1 aliphatic heterocycles. The van der Waals surface area contributed by atoms with Crippen LogP contribution in [0.25, 0.3) is 0 Å². The van der Waals surface area contributed by atoms with Crippen LogP contribution in [0.1, 0.15) is 17.5 Å². The zero-order valence-corrected chi connectivity index (χ0v) is 11.5. The third kappa shape index (κ3) is 2.94. The molecule has 104 valence electrons. The molecule has 3 heteroatoms. The number of fused-ring (bicyclic) bond motifs is 1. The van der Waals surface area contributed by atoms with Crippen LogP contribution in [0.5, 0.6) is 11.5 Å². The van der Waals surface area contributed by atoms with Crippen LogP contribution in [0.4, 0.5) is 0 Å². The van der Waals surface area contributed by atoms with Gasteiger partial charge in [0.2, 0.25) is 6.29 Å². The highest BCUT2D eigenvalue weighted by Crippen LogP contribution is 2.31. The van der Waals surface area contributed by atoms with Crippen LogP contribution in [0, 0.1) is 0 Å². The first-order chi connectivity index (χ1) is 9.85. The molecule has 0 radical (unpaired) electrons. The summed E-state index contributed by atoms with van der Waals surface area (Å²) in [6.07, 6.45) is 1.65. The summed E-state index contributed by atoms with van der Waals surface area (Å²) < 4.78 is 16.9. The molecule has 20 heavy (non-hydrogen) atoms. The second-order valence-corrected chi connectivity index (χ2v) is 4.86. The van der Waals surface area contributed by atoms with Crippen LogP contribution in [-0.4, -0.2) is 13.4 Å². The van der Waals surface area contributed by atoms with Crippen LogP contribution < -0.4 is 9.47 Å². The second kappa shape index (κ2) is 5.97. The van der Waals surface area contributed by atoms with E-state index in [1.807, 2.05) is 36.4 Å². The smallest absolute Gasteiger partial charge is 0.200 e. The Hall–Kier alpha value is -2.00. The number of methoxy groups -OCH3 is 1. The number of rotatable bonds is 4. The van der Waals surface area contributed by atoms with Crippen molar-refractivity contribution in [2.75, 3.05) is 7.11 Å². The van der Waals surface area contributed by atoms with E-state index in [4.69, 9.17) is 14.2 Å². The van der Waals surface area contributed by atoms with Gasteiger partial charge in [0.1, 0.15) is 11.5 Å². The molecule has 0 spiro atoms. The fourth-order valence-electron chi connectivity index (χ4n) is 2.35. The topological polar surface area (TPSA) is 27.7 Å². The molecule has 0 aromatic heterocycles. The summed E-state index contributed by atoms with van der Waals surface area (Å²) in [5.41, 5.74) is 2.35. The summed E-state index contributed by atoms with van der Waals surface area (Å²) in [7, 11) is 1.68. The molecule has 0 aliphatic carbocycles. The van der Waals surface area contributed by atoms with Crippen molar-refractivity contribution in [3.8, 4) is 11.5 Å². The monoisotopic (exact) mass is 270 g/mol. The molecule has 1 heterocycles. The van der Waals surface area contributed by atoms with Crippen molar-refractivity contribution in [3.63, 3.8) is 0 Å². The average molecular weight is 270 g/mol. The van der Waals surface area contributed by atoms with Crippen LogP contribution >= 0.6 is 0 Å². The maximum Gasteiger partial charge on any atom is 0.200 e. The van der Waals surface area contributed by atoms with Gasteiger partial charge < -0.3 is 14.2 Å². The molecule has 0 saturated carbocycles. The molecule has 3 rings (SSSR count). The standard InChI is InChI=1S/C17H18O3/c1-18-15-8-9-16-14(11-15)7-10-17(20-16)19-12-13-5-3-2-4-6-13/h2-6,8-9,11,17H,7,10,12H2,1H3/t17-/m1/s1. The minimum atomic E-state index is -0.170. The second-order valence-electron chi connectivity index (χ2n) is 4.86. The van der Waals surface area contributed by atoms with Gasteiger partial charge in [0.25, 0.3) is 0 Å². The van der Waals surface area contributed by atoms with E-state index >= 15 is 0 Å². The largest absolute Gasteiger partial charge is 0.497 e. The van der Waals surface area contributed by atoms with Gasteiger partial charge in [0, 0.05) is 6.42 Å². The van der Waals surface area contributed by atoms with Gasteiger partial charge in [-0.05, 0) is 35.7 Å². The number of hydrogen-bond donors (Lipinski definition) is 0. The molecular formula is C17H18O3. The molecule has 0 N–H and O–H groups in total. The fourth-order valence-corrected chi connectivity index (χ4v) is 2.35. The maximum absolute atomic E-state index is 5.88. The zero-order chi connectivity index (χ0) is 13.8. The predicted molar refractivity (Wildman–Crippen MR) is 77.0 cm³/mol. The Balaban J connectivity index is 1.61. The number of hydrogen-bond acceptors (Lipinski definition) is 3. The molecule has 0 amide bonds. The lowest BCUT2D eigenvalue weighted by molar-refractivity contribution is -0.0995. The first kappa shape index (κ1) is 13.0. The Bertz CT molecular complexity index is 566. The van der Waals surface area contributed by atoms with Crippen LogP contribution in [0.15, 0.2) is 48.5 Å². The quantitative estimate of drug-likeness (QED) is 0.850. The number of ether oxygens (including phenoxy) is 3. The molecule has 3 nitrogen and oxygen atoms in total. The van der Waals surface area contributed by atoms with Gasteiger partial charge in [0.05, 0.1) is 13.7 Å². The lowest BCUT2D eigenvalue weighted by atomic mass is 10.1. The molecular weight excluding hydrogens is 252 g/mol. The van der Waals surface area contributed by atoms with Gasteiger partial charge in [-0.1, -0.05) is 30.3 Å². The summed E-state index contributed by atoms with van der Waals surface area (Å²) >= 11 is 0. The minimum Gasteiger partial charge on any atom is -0.497 e. The Kier molecular flexibility index (Phi) is 3.88. The molecule has 0 unspecified atom stereocenters. The molecule has 1 atom stereocenters. The summed E-state index contributed by atoms with van der Waals surface area (Å²) in [6.45, 7) is 0.580. The predicted octanol–water partition coefficient (Wildman–Crippen LogP) is 3.56. The van der Waals surface area contributed by atoms with E-state index in [2.05, 4.69) is 12.1 Å². The molecule has 0 saturated heterocycles. The highest BCUT2D eigenvalue weighted by atomic mass is 16.7. The van der Waals surface area contributed by atoms with Crippen molar-refractivity contribution in [3.05, 3.63) is 59.7 Å². The molecule has 0 fully saturated rings. The number of benzene rings is 2. The van der Waals surface area contributed by atoms with Crippen molar-refractivity contribution in [1.29, 1.82) is 0 Å². The average Bonchev–Trinajstić information content (AvgIpc) is 2.53. The van der Waals surface area contributed by atoms with E-state index in [1.54, 1.807) is 7.11 Å². The van der Waals surface area contributed by atoms with Crippen molar-refractivity contribution in [2.24, 2.45) is 0 Å². The summed E-state index contributed by atoms with van der Waals surface area (Å²) in [5, 5.41) is 0. The van der Waals surface area contributed by atoms with Crippen LogP contribution in [-0.2, 0) is 17.8 Å². The lowest BCUT2D eigenvalue weighted by Gasteiger charge is -2.26. The van der Waals surface area contributed by atoms with Gasteiger partial charge in [-0.25, -0.2) is 0 Å². The van der Waals surface area contributed by atoms with E-state index in [-0.39, 0.29) is 6.29 Å². The van der Waals surface area contributed by atoms with Gasteiger partial charge >= 0.3 is 0 Å². The van der Waals surface area contributed by atoms with E-state index in [0.717, 1.165) is 29.9 Å². The zero-order valence-electron chi connectivity index (χ0n) is 11.5. The summed E-state index contributed by atoms with van der Waals surface area (Å²) in [5.74, 6) is 1.77. The molecule has 0 bridgehead atoms. The van der Waals surface area contributed by atoms with Gasteiger partial charge in [-0.3, -0.25) is 0 Å². The normalized spacial score (nSPS) is 17.1. The van der Waals surface area contributed by atoms with Crippen molar-refractivity contribution in [1.82, 2.24) is 0 Å². The Morgan fingerprint density at radius 1 is 1.15 bits per heavy atom. The van der Waals surface area contributed by atoms with E-state index in [0.29, 0.717) is 6.61 Å². The van der Waals surface area contributed by atoms with E-state index < -0.39 is 0 Å². The Labute approximate surface area is 119 Å². The molecule has 1 aliphatic rings. The van der Waals surface area contributed by atoms with Crippen molar-refractivity contribution < 1.29 is 14.2 Å². The fraction of sp³-hybridized carbons (Fsp3) is 0.294. The first-order valence-electron chi connectivity index (χ1n) is 6.84.